The highest BCUT2D eigenvalue weighted by atomic mass is 16.6. The van der Waals surface area contributed by atoms with E-state index in [1.54, 1.807) is 0 Å². The van der Waals surface area contributed by atoms with Gasteiger partial charge in [-0.05, 0) is 103 Å². The monoisotopic (exact) mass is 913 g/mol. The molecule has 0 aliphatic carbocycles. The number of unbranched alkanes of at least 4 members (excludes halogenated alkanes) is 18. The van der Waals surface area contributed by atoms with E-state index in [1.807, 2.05) is 36.5 Å². The molecule has 0 bridgehead atoms. The first kappa shape index (κ1) is 61.8. The molecule has 0 heterocycles. The summed E-state index contributed by atoms with van der Waals surface area (Å²) in [6.45, 7) is 6.28. The Morgan fingerprint density at radius 1 is 0.333 bits per heavy atom. The predicted molar refractivity (Wildman–Crippen MR) is 283 cm³/mol. The molecule has 6 heteroatoms. The van der Waals surface area contributed by atoms with Crippen molar-refractivity contribution in [2.75, 3.05) is 13.2 Å². The van der Waals surface area contributed by atoms with E-state index >= 15 is 0 Å². The molecule has 0 aromatic rings. The number of rotatable bonds is 46. The minimum Gasteiger partial charge on any atom is -0.462 e. The molecule has 0 radical (unpaired) electrons. The van der Waals surface area contributed by atoms with Crippen molar-refractivity contribution in [1.82, 2.24) is 0 Å². The molecule has 0 N–H and O–H groups in total. The first-order valence-electron chi connectivity index (χ1n) is 26.6. The van der Waals surface area contributed by atoms with Crippen molar-refractivity contribution in [3.63, 3.8) is 0 Å². The third kappa shape index (κ3) is 50.8. The van der Waals surface area contributed by atoms with Crippen LogP contribution in [0.4, 0.5) is 0 Å². The van der Waals surface area contributed by atoms with E-state index < -0.39 is 6.10 Å². The number of hydrogen-bond donors (Lipinski definition) is 0. The van der Waals surface area contributed by atoms with Gasteiger partial charge in [0.25, 0.3) is 0 Å². The van der Waals surface area contributed by atoms with Crippen molar-refractivity contribution in [2.24, 2.45) is 0 Å². The van der Waals surface area contributed by atoms with Crippen LogP contribution in [0.1, 0.15) is 220 Å². The van der Waals surface area contributed by atoms with Crippen molar-refractivity contribution in [3.05, 3.63) is 122 Å². The fraction of sp³-hybridized carbons (Fsp3) is 0.617. The largest absolute Gasteiger partial charge is 0.462 e. The molecule has 372 valence electrons. The molecular formula is C60H96O6. The average molecular weight is 913 g/mol. The molecule has 6 nitrogen and oxygen atoms in total. The molecule has 0 aliphatic heterocycles. The summed E-state index contributed by atoms with van der Waals surface area (Å²) in [6, 6.07) is 0. The fourth-order valence-electron chi connectivity index (χ4n) is 6.83. The van der Waals surface area contributed by atoms with Crippen molar-refractivity contribution in [1.29, 1.82) is 0 Å². The van der Waals surface area contributed by atoms with E-state index in [0.29, 0.717) is 19.3 Å². The molecule has 0 rings (SSSR count). The average Bonchev–Trinajstić information content (AvgIpc) is 3.31. The molecule has 0 fully saturated rings. The van der Waals surface area contributed by atoms with E-state index in [1.165, 1.54) is 70.6 Å². The van der Waals surface area contributed by atoms with Gasteiger partial charge in [0.15, 0.2) is 6.10 Å². The summed E-state index contributed by atoms with van der Waals surface area (Å²) < 4.78 is 16.7. The Kier molecular flexibility index (Phi) is 50.0. The highest BCUT2D eigenvalue weighted by molar-refractivity contribution is 5.71. The summed E-state index contributed by atoms with van der Waals surface area (Å²) in [5.41, 5.74) is 0. The Labute approximate surface area is 405 Å². The molecular weight excluding hydrogens is 817 g/mol. The van der Waals surface area contributed by atoms with E-state index in [0.717, 1.165) is 103 Å². The zero-order valence-corrected chi connectivity index (χ0v) is 42.4. The minimum atomic E-state index is -0.830. The van der Waals surface area contributed by atoms with Crippen molar-refractivity contribution < 1.29 is 28.6 Å². The van der Waals surface area contributed by atoms with Gasteiger partial charge in [0.05, 0.1) is 0 Å². The maximum absolute atomic E-state index is 12.8. The van der Waals surface area contributed by atoms with Gasteiger partial charge in [0, 0.05) is 19.3 Å². The lowest BCUT2D eigenvalue weighted by molar-refractivity contribution is -0.167. The quantitative estimate of drug-likeness (QED) is 0.0199. The summed E-state index contributed by atoms with van der Waals surface area (Å²) in [7, 11) is 0. The van der Waals surface area contributed by atoms with Gasteiger partial charge in [-0.25, -0.2) is 0 Å². The van der Waals surface area contributed by atoms with Crippen molar-refractivity contribution >= 4 is 17.9 Å². The molecule has 0 aromatic heterocycles. The Morgan fingerprint density at radius 2 is 0.682 bits per heavy atom. The van der Waals surface area contributed by atoms with E-state index in [-0.39, 0.29) is 37.5 Å². The third-order valence-electron chi connectivity index (χ3n) is 10.8. The molecule has 0 saturated carbocycles. The summed E-state index contributed by atoms with van der Waals surface area (Å²) in [6.07, 6.45) is 73.4. The molecule has 0 aromatic carbocycles. The summed E-state index contributed by atoms with van der Waals surface area (Å²) >= 11 is 0. The van der Waals surface area contributed by atoms with Crippen LogP contribution in [0.15, 0.2) is 122 Å². The van der Waals surface area contributed by atoms with Crippen LogP contribution in [-0.4, -0.2) is 37.2 Å². The summed E-state index contributed by atoms with van der Waals surface area (Å²) in [4.78, 5) is 38.0. The first-order chi connectivity index (χ1) is 32.5. The van der Waals surface area contributed by atoms with Crippen LogP contribution >= 0.6 is 0 Å². The van der Waals surface area contributed by atoms with E-state index in [2.05, 4.69) is 106 Å². The highest BCUT2D eigenvalue weighted by Crippen LogP contribution is 2.13. The van der Waals surface area contributed by atoms with Gasteiger partial charge in [-0.1, -0.05) is 219 Å². The summed E-state index contributed by atoms with van der Waals surface area (Å²) in [5.74, 6) is -1.03. The van der Waals surface area contributed by atoms with E-state index in [4.69, 9.17) is 14.2 Å². The number of carbonyl (C=O) groups excluding carboxylic acids is 3. The van der Waals surface area contributed by atoms with Crippen LogP contribution in [0.3, 0.4) is 0 Å². The first-order valence-corrected chi connectivity index (χ1v) is 26.6. The van der Waals surface area contributed by atoms with Crippen LogP contribution < -0.4 is 0 Å². The van der Waals surface area contributed by atoms with Crippen LogP contribution in [0.5, 0.6) is 0 Å². The van der Waals surface area contributed by atoms with Crippen LogP contribution in [0.25, 0.3) is 0 Å². The second-order valence-electron chi connectivity index (χ2n) is 17.1. The zero-order valence-electron chi connectivity index (χ0n) is 42.4. The predicted octanol–water partition coefficient (Wildman–Crippen LogP) is 17.7. The lowest BCUT2D eigenvalue weighted by Gasteiger charge is -2.18. The van der Waals surface area contributed by atoms with Gasteiger partial charge in [0.1, 0.15) is 13.2 Å². The van der Waals surface area contributed by atoms with Crippen LogP contribution in [0, 0.1) is 0 Å². The lowest BCUT2D eigenvalue weighted by atomic mass is 10.1. The standard InChI is InChI=1S/C60H96O6/c1-4-7-10-13-16-19-22-25-27-29-31-32-35-38-41-44-47-50-53-59(62)65-56-57(55-64-58(61)52-49-46-43-40-37-34-24-21-18-15-12-9-6-3)66-60(63)54-51-48-45-42-39-36-33-30-28-26-23-20-17-14-11-8-5-2/h8-9,11-12,15,17-18,20-21,24,26,28,31-34,36-37,42,45,57H,4-7,10,13-14,16,19,22-23,25,27,29-30,35,38-41,43-44,46-56H2,1-3H3/b11-8+,12-9+,18-15+,20-17+,24-21+,28-26+,32-31+,36-33+,37-34+,45-42+. The molecule has 1 atom stereocenters. The smallest absolute Gasteiger partial charge is 0.306 e. The molecule has 0 spiro atoms. The zero-order chi connectivity index (χ0) is 47.9. The Hall–Kier alpha value is -4.19. The van der Waals surface area contributed by atoms with Gasteiger partial charge in [-0.15, -0.1) is 0 Å². The number of allylic oxidation sites excluding steroid dienone is 20. The summed E-state index contributed by atoms with van der Waals surface area (Å²) in [5, 5.41) is 0. The normalized spacial score (nSPS) is 13.1. The number of hydrogen-bond acceptors (Lipinski definition) is 6. The number of ether oxygens (including phenoxy) is 3. The minimum absolute atomic E-state index is 0.121. The van der Waals surface area contributed by atoms with Gasteiger partial charge >= 0.3 is 17.9 Å². The van der Waals surface area contributed by atoms with Crippen LogP contribution in [-0.2, 0) is 28.6 Å². The maximum atomic E-state index is 12.8. The second-order valence-corrected chi connectivity index (χ2v) is 17.1. The molecule has 0 aliphatic rings. The third-order valence-corrected chi connectivity index (χ3v) is 10.8. The Morgan fingerprint density at radius 3 is 1.18 bits per heavy atom. The molecule has 66 heavy (non-hydrogen) atoms. The SMILES string of the molecule is CC/C=C/C=C/C=C/C=C/CCCCCC(=O)OCC(COC(=O)CCCCCCC/C=C/CCCCCCCCCCC)OC(=O)CCC/C=C/C/C=C/C/C=C/C/C=C/C/C=C/CC. The van der Waals surface area contributed by atoms with Crippen molar-refractivity contribution in [3.8, 4) is 0 Å². The molecule has 0 amide bonds. The Balaban J connectivity index is 4.54. The number of carbonyl (C=O) groups is 3. The molecule has 1 unspecified atom stereocenters. The fourth-order valence-corrected chi connectivity index (χ4v) is 6.83. The molecule has 0 saturated heterocycles. The highest BCUT2D eigenvalue weighted by Gasteiger charge is 2.19. The van der Waals surface area contributed by atoms with Gasteiger partial charge in [-0.3, -0.25) is 14.4 Å². The maximum Gasteiger partial charge on any atom is 0.306 e. The van der Waals surface area contributed by atoms with Crippen LogP contribution in [0.2, 0.25) is 0 Å². The van der Waals surface area contributed by atoms with Gasteiger partial charge in [-0.2, -0.15) is 0 Å². The lowest BCUT2D eigenvalue weighted by Crippen LogP contribution is -2.30. The van der Waals surface area contributed by atoms with Gasteiger partial charge < -0.3 is 14.2 Å². The van der Waals surface area contributed by atoms with E-state index in [9.17, 15) is 14.4 Å². The topological polar surface area (TPSA) is 78.9 Å². The van der Waals surface area contributed by atoms with Gasteiger partial charge in [0.2, 0.25) is 0 Å². The Bertz CT molecular complexity index is 1420. The van der Waals surface area contributed by atoms with Crippen molar-refractivity contribution in [2.45, 2.75) is 226 Å². The number of esters is 3. The second kappa shape index (κ2) is 53.4.